The Bertz CT molecular complexity index is 334. The third-order valence-electron chi connectivity index (χ3n) is 3.09. The van der Waals surface area contributed by atoms with Gasteiger partial charge in [0, 0.05) is 31.9 Å². The van der Waals surface area contributed by atoms with Gasteiger partial charge in [0.1, 0.15) is 6.04 Å². The van der Waals surface area contributed by atoms with Crippen LogP contribution in [-0.2, 0) is 4.79 Å². The van der Waals surface area contributed by atoms with Crippen LogP contribution in [0.25, 0.3) is 0 Å². The number of likely N-dealkylation sites (tertiary alicyclic amines) is 1. The fourth-order valence-corrected chi connectivity index (χ4v) is 2.39. The van der Waals surface area contributed by atoms with Gasteiger partial charge in [0.25, 0.3) is 0 Å². The normalized spacial score (nSPS) is 26.3. The van der Waals surface area contributed by atoms with Crippen molar-refractivity contribution in [3.8, 4) is 0 Å². The van der Waals surface area contributed by atoms with Gasteiger partial charge in [0.2, 0.25) is 5.91 Å². The van der Waals surface area contributed by atoms with Crippen LogP contribution in [0.3, 0.4) is 0 Å². The van der Waals surface area contributed by atoms with Crippen LogP contribution in [0.4, 0.5) is 0 Å². The Morgan fingerprint density at radius 2 is 2.40 bits per heavy atom. The van der Waals surface area contributed by atoms with Crippen molar-refractivity contribution in [2.75, 3.05) is 13.6 Å². The van der Waals surface area contributed by atoms with Gasteiger partial charge in [0.15, 0.2) is 0 Å². The Kier molecular flexibility index (Phi) is 2.75. The molecule has 2 atom stereocenters. The van der Waals surface area contributed by atoms with Crippen molar-refractivity contribution < 1.29 is 4.79 Å². The van der Waals surface area contributed by atoms with E-state index in [1.54, 1.807) is 12.5 Å². The Morgan fingerprint density at radius 1 is 1.60 bits per heavy atom. The molecule has 2 heterocycles. The molecule has 0 aliphatic carbocycles. The number of likely N-dealkylation sites (N-methyl/N-ethyl adjacent to an activating group) is 1. The molecule has 0 saturated carbocycles. The lowest BCUT2D eigenvalue weighted by Gasteiger charge is -2.16. The van der Waals surface area contributed by atoms with Crippen LogP contribution in [-0.4, -0.2) is 34.0 Å². The van der Waals surface area contributed by atoms with Gasteiger partial charge in [-0.25, -0.2) is 4.98 Å². The van der Waals surface area contributed by atoms with E-state index in [9.17, 15) is 4.79 Å². The molecule has 0 N–H and O–H groups in total. The zero-order valence-corrected chi connectivity index (χ0v) is 9.26. The highest BCUT2D eigenvalue weighted by atomic mass is 16.2. The summed E-state index contributed by atoms with van der Waals surface area (Å²) in [5, 5.41) is 0. The number of carbonyl (C=O) groups excluding carboxylic acids is 1. The van der Waals surface area contributed by atoms with E-state index in [2.05, 4.69) is 11.9 Å². The number of nitrogens with zero attached hydrogens (tertiary/aromatic N) is 3. The lowest BCUT2D eigenvalue weighted by molar-refractivity contribution is -0.129. The van der Waals surface area contributed by atoms with Gasteiger partial charge in [-0.2, -0.15) is 0 Å². The summed E-state index contributed by atoms with van der Waals surface area (Å²) < 4.78 is 1.94. The van der Waals surface area contributed by atoms with Crippen LogP contribution in [0.1, 0.15) is 25.8 Å². The zero-order valence-electron chi connectivity index (χ0n) is 9.26. The molecule has 1 saturated heterocycles. The molecule has 2 rings (SSSR count). The molecule has 1 aromatic rings. The van der Waals surface area contributed by atoms with E-state index in [4.69, 9.17) is 0 Å². The van der Waals surface area contributed by atoms with Crippen molar-refractivity contribution in [2.24, 2.45) is 5.92 Å². The van der Waals surface area contributed by atoms with Gasteiger partial charge >= 0.3 is 0 Å². The Hall–Kier alpha value is -1.32. The van der Waals surface area contributed by atoms with E-state index < -0.39 is 0 Å². The van der Waals surface area contributed by atoms with E-state index in [0.717, 1.165) is 19.4 Å². The van der Waals surface area contributed by atoms with Crippen molar-refractivity contribution in [1.82, 2.24) is 14.5 Å². The molecule has 15 heavy (non-hydrogen) atoms. The maximum atomic E-state index is 12.0. The van der Waals surface area contributed by atoms with Crippen LogP contribution < -0.4 is 0 Å². The molecule has 0 bridgehead atoms. The quantitative estimate of drug-likeness (QED) is 0.749. The zero-order chi connectivity index (χ0) is 10.8. The summed E-state index contributed by atoms with van der Waals surface area (Å²) in [5.74, 6) is 0.646. The highest BCUT2D eigenvalue weighted by molar-refractivity contribution is 5.82. The van der Waals surface area contributed by atoms with E-state index >= 15 is 0 Å². The van der Waals surface area contributed by atoms with Gasteiger partial charge in [-0.05, 0) is 6.42 Å². The molecule has 0 spiro atoms. The summed E-state index contributed by atoms with van der Waals surface area (Å²) in [6.07, 6.45) is 7.57. The van der Waals surface area contributed by atoms with E-state index in [1.807, 2.05) is 22.7 Å². The number of hydrogen-bond acceptors (Lipinski definition) is 2. The number of imidazole rings is 1. The largest absolute Gasteiger partial charge is 0.344 e. The predicted octanol–water partition coefficient (Wildman–Crippen LogP) is 1.31. The number of hydrogen-bond donors (Lipinski definition) is 0. The van der Waals surface area contributed by atoms with Crippen LogP contribution in [0.5, 0.6) is 0 Å². The van der Waals surface area contributed by atoms with Gasteiger partial charge in [0.05, 0.1) is 6.33 Å². The van der Waals surface area contributed by atoms with E-state index in [-0.39, 0.29) is 11.9 Å². The first kappa shape index (κ1) is 10.2. The fraction of sp³-hybridized carbons (Fsp3) is 0.636. The summed E-state index contributed by atoms with van der Waals surface area (Å²) in [5.41, 5.74) is 0. The van der Waals surface area contributed by atoms with Crippen molar-refractivity contribution in [3.63, 3.8) is 0 Å². The Balaban J connectivity index is 2.22. The second-order valence-corrected chi connectivity index (χ2v) is 4.22. The monoisotopic (exact) mass is 207 g/mol. The highest BCUT2D eigenvalue weighted by Gasteiger charge is 2.38. The standard InChI is InChI=1S/C11H17N3O/c1-3-4-9-7-13(2)11(15)10(9)14-6-5-12-8-14/h5-6,8-10H,3-4,7H2,1-2H3. The molecule has 4 heteroatoms. The van der Waals surface area contributed by atoms with Crippen LogP contribution in [0.2, 0.25) is 0 Å². The molecule has 1 aromatic heterocycles. The minimum Gasteiger partial charge on any atom is -0.344 e. The number of amides is 1. The summed E-state index contributed by atoms with van der Waals surface area (Å²) in [6, 6.07) is -0.0301. The number of carbonyl (C=O) groups is 1. The SMILES string of the molecule is CCCC1CN(C)C(=O)C1n1ccnc1. The van der Waals surface area contributed by atoms with Crippen molar-refractivity contribution in [3.05, 3.63) is 18.7 Å². The first-order valence-corrected chi connectivity index (χ1v) is 5.46. The van der Waals surface area contributed by atoms with E-state index in [1.165, 1.54) is 0 Å². The van der Waals surface area contributed by atoms with Gasteiger partial charge in [-0.1, -0.05) is 13.3 Å². The molecular formula is C11H17N3O. The first-order chi connectivity index (χ1) is 7.24. The molecule has 2 unspecified atom stereocenters. The third-order valence-corrected chi connectivity index (χ3v) is 3.09. The third kappa shape index (κ3) is 1.76. The summed E-state index contributed by atoms with van der Waals surface area (Å²) in [4.78, 5) is 17.8. The Labute approximate surface area is 89.9 Å². The maximum Gasteiger partial charge on any atom is 0.245 e. The summed E-state index contributed by atoms with van der Waals surface area (Å²) in [6.45, 7) is 3.03. The highest BCUT2D eigenvalue weighted by Crippen LogP contribution is 2.31. The first-order valence-electron chi connectivity index (χ1n) is 5.46. The van der Waals surface area contributed by atoms with E-state index in [0.29, 0.717) is 5.92 Å². The molecule has 4 nitrogen and oxygen atoms in total. The van der Waals surface area contributed by atoms with Crippen molar-refractivity contribution in [2.45, 2.75) is 25.8 Å². The topological polar surface area (TPSA) is 38.1 Å². The fourth-order valence-electron chi connectivity index (χ4n) is 2.39. The molecule has 1 fully saturated rings. The second-order valence-electron chi connectivity index (χ2n) is 4.22. The van der Waals surface area contributed by atoms with Gasteiger partial charge in [-0.3, -0.25) is 4.79 Å². The minimum absolute atomic E-state index is 0.0301. The Morgan fingerprint density at radius 3 is 3.00 bits per heavy atom. The molecule has 1 aliphatic rings. The molecule has 1 aliphatic heterocycles. The minimum atomic E-state index is -0.0301. The number of rotatable bonds is 3. The summed E-state index contributed by atoms with van der Waals surface area (Å²) in [7, 11) is 1.88. The van der Waals surface area contributed by atoms with Crippen LogP contribution >= 0.6 is 0 Å². The molecule has 0 aromatic carbocycles. The lowest BCUT2D eigenvalue weighted by atomic mass is 9.98. The van der Waals surface area contributed by atoms with Gasteiger partial charge < -0.3 is 9.47 Å². The van der Waals surface area contributed by atoms with Crippen LogP contribution in [0, 0.1) is 5.92 Å². The molecule has 82 valence electrons. The van der Waals surface area contributed by atoms with Crippen LogP contribution in [0.15, 0.2) is 18.7 Å². The maximum absolute atomic E-state index is 12.0. The molecular weight excluding hydrogens is 190 g/mol. The summed E-state index contributed by atoms with van der Waals surface area (Å²) >= 11 is 0. The average Bonchev–Trinajstić information content (AvgIpc) is 2.78. The average molecular weight is 207 g/mol. The predicted molar refractivity (Wildman–Crippen MR) is 57.3 cm³/mol. The molecule has 1 amide bonds. The lowest BCUT2D eigenvalue weighted by Crippen LogP contribution is -2.24. The van der Waals surface area contributed by atoms with Crippen molar-refractivity contribution in [1.29, 1.82) is 0 Å². The number of aromatic nitrogens is 2. The van der Waals surface area contributed by atoms with Gasteiger partial charge in [-0.15, -0.1) is 0 Å². The van der Waals surface area contributed by atoms with Crippen molar-refractivity contribution >= 4 is 5.91 Å². The second kappa shape index (κ2) is 4.04. The smallest absolute Gasteiger partial charge is 0.245 e. The molecule has 0 radical (unpaired) electrons.